The fraction of sp³-hybridized carbons (Fsp3) is 0.770. The number of carbonyl (C=O) groups is 4. The molecule has 1 aliphatic heterocycles. The average Bonchev–Trinajstić information content (AvgIpc) is 3.32. The first kappa shape index (κ1) is 55.8. The van der Waals surface area contributed by atoms with E-state index in [1.807, 2.05) is 24.3 Å². The number of Topliss-reactive ketones (excluding diaryl/α,β-unsaturated/α-hetero) is 2. The summed E-state index contributed by atoms with van der Waals surface area (Å²) in [4.78, 5) is 60.5. The molecule has 2 aliphatic rings. The number of amides is 2. The summed E-state index contributed by atoms with van der Waals surface area (Å²) < 4.78 is 0. The minimum Gasteiger partial charge on any atom is -0.293 e. The first-order valence-corrected chi connectivity index (χ1v) is 29.0. The highest BCUT2D eigenvalue weighted by molar-refractivity contribution is 6.35. The lowest BCUT2D eigenvalue weighted by Gasteiger charge is -2.36. The second kappa shape index (κ2) is 33.6. The van der Waals surface area contributed by atoms with Gasteiger partial charge < -0.3 is 0 Å². The average molecular weight is 910 g/mol. The topological polar surface area (TPSA) is 71.5 Å². The molecule has 0 saturated heterocycles. The molecule has 1 heterocycles. The summed E-state index contributed by atoms with van der Waals surface area (Å²) >= 11 is 0. The molecule has 0 saturated carbocycles. The molecule has 0 unspecified atom stereocenters. The van der Waals surface area contributed by atoms with Crippen molar-refractivity contribution in [3.8, 4) is 0 Å². The lowest BCUT2D eigenvalue weighted by atomic mass is 9.70. The van der Waals surface area contributed by atoms with Crippen molar-refractivity contribution in [1.29, 1.82) is 0 Å². The monoisotopic (exact) mass is 910 g/mol. The lowest BCUT2D eigenvalue weighted by molar-refractivity contribution is 0.0515. The summed E-state index contributed by atoms with van der Waals surface area (Å²) in [6.07, 6.45) is 48.2. The molecule has 5 heteroatoms. The Labute approximate surface area is 405 Å². The molecule has 66 heavy (non-hydrogen) atoms. The third-order valence-electron chi connectivity index (χ3n) is 15.6. The van der Waals surface area contributed by atoms with Gasteiger partial charge in [0.25, 0.3) is 11.8 Å². The van der Waals surface area contributed by atoms with Crippen molar-refractivity contribution in [2.45, 2.75) is 291 Å². The molecule has 0 aromatic heterocycles. The highest BCUT2D eigenvalue weighted by Crippen LogP contribution is 2.43. The van der Waals surface area contributed by atoms with Crippen molar-refractivity contribution < 1.29 is 19.2 Å². The van der Waals surface area contributed by atoms with Gasteiger partial charge in [0.1, 0.15) is 0 Å². The molecule has 4 rings (SSSR count). The van der Waals surface area contributed by atoms with Crippen molar-refractivity contribution in [2.24, 2.45) is 11.8 Å². The molecule has 2 aromatic carbocycles. The molecule has 5 nitrogen and oxygen atoms in total. The minimum atomic E-state index is -0.691. The largest absolute Gasteiger partial charge is 0.293 e. The van der Waals surface area contributed by atoms with E-state index in [0.29, 0.717) is 33.0 Å². The molecule has 372 valence electrons. The van der Waals surface area contributed by atoms with Gasteiger partial charge in [0.05, 0.1) is 5.92 Å². The van der Waals surface area contributed by atoms with Gasteiger partial charge in [-0.25, -0.2) is 0 Å². The zero-order valence-electron chi connectivity index (χ0n) is 43.4. The van der Waals surface area contributed by atoms with Crippen LogP contribution in [-0.2, 0) is 0 Å². The van der Waals surface area contributed by atoms with Gasteiger partial charge in [0.2, 0.25) is 0 Å². The predicted molar refractivity (Wildman–Crippen MR) is 281 cm³/mol. The number of hydrogen-bond donors (Lipinski definition) is 0. The Kier molecular flexibility index (Phi) is 28.4. The number of rotatable bonds is 42. The quantitative estimate of drug-likeness (QED) is 0.0378. The number of imide groups is 1. The second-order valence-corrected chi connectivity index (χ2v) is 21.1. The Hall–Kier alpha value is -2.82. The highest BCUT2D eigenvalue weighted by atomic mass is 16.2. The normalized spacial score (nSPS) is 14.1. The Morgan fingerprint density at radius 1 is 0.333 bits per heavy atom. The van der Waals surface area contributed by atoms with Crippen molar-refractivity contribution in [3.63, 3.8) is 0 Å². The van der Waals surface area contributed by atoms with Crippen molar-refractivity contribution in [3.05, 3.63) is 46.5 Å². The Balaban J connectivity index is 1.48. The van der Waals surface area contributed by atoms with E-state index in [4.69, 9.17) is 0 Å². The van der Waals surface area contributed by atoms with Crippen molar-refractivity contribution in [2.75, 3.05) is 0 Å². The zero-order chi connectivity index (χ0) is 47.2. The van der Waals surface area contributed by atoms with Gasteiger partial charge in [-0.3, -0.25) is 24.1 Å². The first-order chi connectivity index (χ1) is 32.4. The van der Waals surface area contributed by atoms with Crippen molar-refractivity contribution >= 4 is 34.2 Å². The molecule has 0 atom stereocenters. The van der Waals surface area contributed by atoms with Crippen LogP contribution in [0.3, 0.4) is 0 Å². The van der Waals surface area contributed by atoms with Crippen LogP contribution in [0.2, 0.25) is 0 Å². The number of benzene rings is 2. The molecule has 0 bridgehead atoms. The molecular formula is C61H99NO4. The molecule has 0 fully saturated rings. The molecule has 0 spiro atoms. The third kappa shape index (κ3) is 17.9. The maximum atomic E-state index is 14.8. The summed E-state index contributed by atoms with van der Waals surface area (Å²) in [7, 11) is 0. The molecule has 0 radical (unpaired) electrons. The van der Waals surface area contributed by atoms with Gasteiger partial charge in [-0.15, -0.1) is 0 Å². The van der Waals surface area contributed by atoms with E-state index in [1.165, 1.54) is 180 Å². The van der Waals surface area contributed by atoms with Crippen LogP contribution in [0.15, 0.2) is 24.3 Å². The van der Waals surface area contributed by atoms with Gasteiger partial charge in [-0.1, -0.05) is 259 Å². The van der Waals surface area contributed by atoms with E-state index in [2.05, 4.69) is 27.7 Å². The molecule has 1 aliphatic carbocycles. The number of ketones is 2. The predicted octanol–water partition coefficient (Wildman–Crippen LogP) is 19.1. The standard InChI is InChI=1S/C61H99NO4/c1-5-9-13-17-21-25-29-33-37-41-49(42-38-34-30-26-22-18-14-10-6-2)55-58(63)51-45-47-53-57-54(48-46-52(56(51)57)59(55)64)61(66)62(60(53)65)50(43-39-35-31-27-23-19-15-11-7-3)44-40-36-32-28-24-20-16-12-8-4/h45-50,55H,5-44H2,1-4H3. The van der Waals surface area contributed by atoms with E-state index in [0.717, 1.165) is 77.0 Å². The minimum absolute atomic E-state index is 0.0104. The molecule has 2 amide bonds. The smallest absolute Gasteiger partial charge is 0.261 e. The Morgan fingerprint density at radius 2 is 0.576 bits per heavy atom. The maximum Gasteiger partial charge on any atom is 0.261 e. The van der Waals surface area contributed by atoms with Crippen LogP contribution in [-0.4, -0.2) is 34.3 Å². The molecule has 2 aromatic rings. The van der Waals surface area contributed by atoms with Crippen LogP contribution < -0.4 is 0 Å². The summed E-state index contributed by atoms with van der Waals surface area (Å²) in [5.74, 6) is -1.36. The zero-order valence-corrected chi connectivity index (χ0v) is 43.4. The van der Waals surface area contributed by atoms with Gasteiger partial charge in [-0.05, 0) is 55.9 Å². The van der Waals surface area contributed by atoms with Gasteiger partial charge in [0, 0.05) is 39.1 Å². The number of nitrogens with zero attached hydrogens (tertiary/aromatic N) is 1. The Bertz CT molecular complexity index is 1460. The van der Waals surface area contributed by atoms with E-state index in [-0.39, 0.29) is 35.3 Å². The van der Waals surface area contributed by atoms with Crippen LogP contribution in [0.5, 0.6) is 0 Å². The van der Waals surface area contributed by atoms with Crippen LogP contribution in [0.1, 0.15) is 326 Å². The maximum absolute atomic E-state index is 14.8. The van der Waals surface area contributed by atoms with Crippen LogP contribution in [0.25, 0.3) is 10.8 Å². The van der Waals surface area contributed by atoms with Gasteiger partial charge >= 0.3 is 0 Å². The SMILES string of the molecule is CCCCCCCCCCCC(CCCCCCCCCCC)C1C(=O)c2ccc3c4c(ccc(c24)C1=O)C(=O)N(C(CCCCCCCCCCC)CCCCCCCCCCC)C3=O. The summed E-state index contributed by atoms with van der Waals surface area (Å²) in [5, 5.41) is 1.09. The van der Waals surface area contributed by atoms with Gasteiger partial charge in [-0.2, -0.15) is 0 Å². The fourth-order valence-electron chi connectivity index (χ4n) is 11.5. The lowest BCUT2D eigenvalue weighted by Crippen LogP contribution is -2.47. The number of unbranched alkanes of at least 4 members (excludes halogenated alkanes) is 32. The summed E-state index contributed by atoms with van der Waals surface area (Å²) in [6.45, 7) is 9.06. The molecule has 0 N–H and O–H groups in total. The molecular weight excluding hydrogens is 811 g/mol. The van der Waals surface area contributed by atoms with Crippen molar-refractivity contribution in [1.82, 2.24) is 4.90 Å². The fourth-order valence-corrected chi connectivity index (χ4v) is 11.5. The highest BCUT2D eigenvalue weighted by Gasteiger charge is 2.44. The summed E-state index contributed by atoms with van der Waals surface area (Å²) in [5.41, 5.74) is 2.03. The Morgan fingerprint density at radius 3 is 0.879 bits per heavy atom. The van der Waals surface area contributed by atoms with Gasteiger partial charge in [0.15, 0.2) is 11.6 Å². The van der Waals surface area contributed by atoms with E-state index in [9.17, 15) is 19.2 Å². The second-order valence-electron chi connectivity index (χ2n) is 21.1. The van der Waals surface area contributed by atoms with Crippen LogP contribution >= 0.6 is 0 Å². The van der Waals surface area contributed by atoms with Crippen LogP contribution in [0, 0.1) is 11.8 Å². The third-order valence-corrected chi connectivity index (χ3v) is 15.6. The summed E-state index contributed by atoms with van der Waals surface area (Å²) in [6, 6.07) is 7.17. The number of carbonyl (C=O) groups excluding carboxylic acids is 4. The number of hydrogen-bond acceptors (Lipinski definition) is 4. The van der Waals surface area contributed by atoms with E-state index < -0.39 is 5.92 Å². The first-order valence-electron chi connectivity index (χ1n) is 29.0. The van der Waals surface area contributed by atoms with E-state index in [1.54, 1.807) is 4.90 Å². The van der Waals surface area contributed by atoms with E-state index >= 15 is 0 Å². The van der Waals surface area contributed by atoms with Crippen LogP contribution in [0.4, 0.5) is 0 Å².